The summed E-state index contributed by atoms with van der Waals surface area (Å²) < 4.78 is 4.87. The predicted octanol–water partition coefficient (Wildman–Crippen LogP) is 4.11. The number of hydrogen-bond acceptors (Lipinski definition) is 3. The van der Waals surface area contributed by atoms with Gasteiger partial charge in [0.1, 0.15) is 0 Å². The average Bonchev–Trinajstić information content (AvgIpc) is 2.92. The first-order valence-corrected chi connectivity index (χ1v) is 10.4. The minimum atomic E-state index is -0.272. The minimum absolute atomic E-state index is 0.0661. The first-order chi connectivity index (χ1) is 11.9. The van der Waals surface area contributed by atoms with E-state index in [1.807, 2.05) is 0 Å². The van der Waals surface area contributed by atoms with Crippen LogP contribution >= 0.6 is 0 Å². The van der Waals surface area contributed by atoms with E-state index in [0.717, 1.165) is 37.0 Å². The van der Waals surface area contributed by atoms with Gasteiger partial charge in [-0.15, -0.1) is 0 Å². The average molecular weight is 350 g/mol. The molecule has 25 heavy (non-hydrogen) atoms. The number of aliphatic hydroxyl groups excluding tert-OH is 1. The van der Waals surface area contributed by atoms with Crippen LogP contribution in [0.3, 0.4) is 0 Å². The Kier molecular flexibility index (Phi) is 4.33. The van der Waals surface area contributed by atoms with Crippen molar-refractivity contribution in [2.75, 3.05) is 7.11 Å². The Morgan fingerprint density at radius 3 is 2.48 bits per heavy atom. The van der Waals surface area contributed by atoms with Crippen LogP contribution in [0.5, 0.6) is 0 Å². The Hall–Kier alpha value is -0.770. The Bertz CT molecular complexity index is 537. The summed E-state index contributed by atoms with van der Waals surface area (Å²) in [6.45, 7) is 4.95. The van der Waals surface area contributed by atoms with Gasteiger partial charge in [0.15, 0.2) is 0 Å². The van der Waals surface area contributed by atoms with Crippen molar-refractivity contribution in [1.82, 2.24) is 5.32 Å². The van der Waals surface area contributed by atoms with E-state index in [0.29, 0.717) is 11.3 Å². The molecule has 8 atom stereocenters. The number of aliphatic hydroxyl groups is 1. The van der Waals surface area contributed by atoms with Gasteiger partial charge in [-0.25, -0.2) is 4.79 Å². The van der Waals surface area contributed by atoms with Crippen LogP contribution in [0.2, 0.25) is 0 Å². The molecule has 4 rings (SSSR count). The highest BCUT2D eigenvalue weighted by molar-refractivity contribution is 5.67. The molecule has 0 aliphatic heterocycles. The zero-order valence-corrected chi connectivity index (χ0v) is 16.1. The molecule has 4 saturated carbocycles. The number of hydrogen-bond donors (Lipinski definition) is 2. The smallest absolute Gasteiger partial charge is 0.407 e. The van der Waals surface area contributed by atoms with Crippen molar-refractivity contribution in [3.63, 3.8) is 0 Å². The van der Waals surface area contributed by atoms with Crippen LogP contribution in [0, 0.1) is 34.5 Å². The lowest BCUT2D eigenvalue weighted by Crippen LogP contribution is -2.56. The molecule has 2 N–H and O–H groups in total. The molecule has 4 nitrogen and oxygen atoms in total. The molecule has 0 aromatic carbocycles. The molecule has 0 aromatic heterocycles. The summed E-state index contributed by atoms with van der Waals surface area (Å²) in [6.07, 6.45) is 10.3. The maximum Gasteiger partial charge on any atom is 0.407 e. The van der Waals surface area contributed by atoms with Gasteiger partial charge in [0, 0.05) is 6.04 Å². The molecule has 1 amide bonds. The van der Waals surface area contributed by atoms with Crippen molar-refractivity contribution in [3.8, 4) is 0 Å². The molecule has 0 aromatic rings. The number of ether oxygens (including phenoxy) is 1. The topological polar surface area (TPSA) is 58.6 Å². The van der Waals surface area contributed by atoms with E-state index in [2.05, 4.69) is 19.2 Å². The van der Waals surface area contributed by atoms with E-state index in [4.69, 9.17) is 4.74 Å². The van der Waals surface area contributed by atoms with Crippen LogP contribution in [-0.4, -0.2) is 30.5 Å². The van der Waals surface area contributed by atoms with Crippen molar-refractivity contribution >= 4 is 6.09 Å². The molecule has 142 valence electrons. The van der Waals surface area contributed by atoms with Crippen molar-refractivity contribution < 1.29 is 14.6 Å². The summed E-state index contributed by atoms with van der Waals surface area (Å²) in [6, 6.07) is 0.268. The number of alkyl carbamates (subject to hydrolysis) is 1. The minimum Gasteiger partial charge on any atom is -0.453 e. The van der Waals surface area contributed by atoms with Gasteiger partial charge < -0.3 is 15.2 Å². The predicted molar refractivity (Wildman–Crippen MR) is 97.1 cm³/mol. The third-order valence-electron chi connectivity index (χ3n) is 9.12. The molecule has 0 unspecified atom stereocenters. The van der Waals surface area contributed by atoms with Crippen LogP contribution in [0.15, 0.2) is 0 Å². The first kappa shape index (κ1) is 17.6. The standard InChI is InChI=1S/C21H35NO3/c1-20-10-8-14(23)12-13(20)4-5-15-16-6-7-18(22-19(24)25-3)21(16,2)11-9-17(15)20/h13-18,23H,4-12H2,1-3H3,(H,22,24)/t13-,14+,15-,16+,17-,18-,20-,21+/m0/s1. The second kappa shape index (κ2) is 6.14. The monoisotopic (exact) mass is 349 g/mol. The fraction of sp³-hybridized carbons (Fsp3) is 0.952. The van der Waals surface area contributed by atoms with Crippen LogP contribution in [0.1, 0.15) is 71.6 Å². The lowest BCUT2D eigenvalue weighted by Gasteiger charge is -2.60. The van der Waals surface area contributed by atoms with Crippen molar-refractivity contribution in [3.05, 3.63) is 0 Å². The van der Waals surface area contributed by atoms with Crippen molar-refractivity contribution in [1.29, 1.82) is 0 Å². The van der Waals surface area contributed by atoms with Gasteiger partial charge in [-0.2, -0.15) is 0 Å². The number of nitrogens with one attached hydrogen (secondary N) is 1. The molecule has 0 spiro atoms. The highest BCUT2D eigenvalue weighted by Gasteiger charge is 2.60. The number of carbonyl (C=O) groups excluding carboxylic acids is 1. The summed E-state index contributed by atoms with van der Waals surface area (Å²) in [5, 5.41) is 13.3. The summed E-state index contributed by atoms with van der Waals surface area (Å²) in [4.78, 5) is 11.8. The van der Waals surface area contributed by atoms with E-state index in [-0.39, 0.29) is 23.7 Å². The number of rotatable bonds is 1. The summed E-state index contributed by atoms with van der Waals surface area (Å²) in [5.41, 5.74) is 0.657. The second-order valence-electron chi connectivity index (χ2n) is 9.90. The molecular formula is C21H35NO3. The number of carbonyl (C=O) groups is 1. The van der Waals surface area contributed by atoms with Gasteiger partial charge in [0.25, 0.3) is 0 Å². The quantitative estimate of drug-likeness (QED) is 0.749. The highest BCUT2D eigenvalue weighted by atomic mass is 16.5. The van der Waals surface area contributed by atoms with Crippen LogP contribution in [0.4, 0.5) is 4.79 Å². The fourth-order valence-corrected chi connectivity index (χ4v) is 7.67. The first-order valence-electron chi connectivity index (χ1n) is 10.4. The molecule has 4 aliphatic rings. The highest BCUT2D eigenvalue weighted by Crippen LogP contribution is 2.66. The van der Waals surface area contributed by atoms with Crippen molar-refractivity contribution in [2.24, 2.45) is 34.5 Å². The third-order valence-corrected chi connectivity index (χ3v) is 9.12. The maximum absolute atomic E-state index is 11.8. The van der Waals surface area contributed by atoms with E-state index < -0.39 is 0 Å². The maximum atomic E-state index is 11.8. The van der Waals surface area contributed by atoms with Gasteiger partial charge in [0.05, 0.1) is 13.2 Å². The van der Waals surface area contributed by atoms with Crippen LogP contribution in [0.25, 0.3) is 0 Å². The Morgan fingerprint density at radius 1 is 1.00 bits per heavy atom. The van der Waals surface area contributed by atoms with E-state index in [9.17, 15) is 9.90 Å². The van der Waals surface area contributed by atoms with E-state index in [1.165, 1.54) is 45.6 Å². The van der Waals surface area contributed by atoms with Crippen molar-refractivity contribution in [2.45, 2.75) is 83.8 Å². The normalized spacial score (nSPS) is 51.8. The number of amides is 1. The second-order valence-corrected chi connectivity index (χ2v) is 9.90. The molecule has 0 bridgehead atoms. The largest absolute Gasteiger partial charge is 0.453 e. The molecule has 4 aliphatic carbocycles. The Labute approximate surface area is 152 Å². The molecule has 0 heterocycles. The Balaban J connectivity index is 1.55. The van der Waals surface area contributed by atoms with Gasteiger partial charge >= 0.3 is 6.09 Å². The number of methoxy groups -OCH3 is 1. The van der Waals surface area contributed by atoms with Crippen LogP contribution in [-0.2, 0) is 4.74 Å². The molecule has 0 radical (unpaired) electrons. The lowest BCUT2D eigenvalue weighted by molar-refractivity contribution is -0.123. The molecular weight excluding hydrogens is 314 g/mol. The summed E-state index contributed by atoms with van der Waals surface area (Å²) in [7, 11) is 1.46. The van der Waals surface area contributed by atoms with Gasteiger partial charge in [-0.1, -0.05) is 13.8 Å². The lowest BCUT2D eigenvalue weighted by atomic mass is 9.45. The van der Waals surface area contributed by atoms with Gasteiger partial charge in [-0.3, -0.25) is 0 Å². The Morgan fingerprint density at radius 2 is 1.72 bits per heavy atom. The van der Waals surface area contributed by atoms with E-state index in [1.54, 1.807) is 0 Å². The SMILES string of the molecule is COC(=O)N[C@H]1CC[C@@H]2[C@@H]3CC[C@H]4C[C@H](O)CC[C@]4(C)[C@H]3CC[C@@]12C. The van der Waals surface area contributed by atoms with Gasteiger partial charge in [-0.05, 0) is 92.3 Å². The molecule has 0 saturated heterocycles. The molecule has 4 heteroatoms. The zero-order valence-electron chi connectivity index (χ0n) is 16.1. The van der Waals surface area contributed by atoms with E-state index >= 15 is 0 Å². The fourth-order valence-electron chi connectivity index (χ4n) is 7.67. The third kappa shape index (κ3) is 2.62. The number of fused-ring (bicyclic) bond motifs is 5. The summed E-state index contributed by atoms with van der Waals surface area (Å²) >= 11 is 0. The molecule has 4 fully saturated rings. The van der Waals surface area contributed by atoms with Gasteiger partial charge in [0.2, 0.25) is 0 Å². The van der Waals surface area contributed by atoms with Crippen LogP contribution < -0.4 is 5.32 Å². The zero-order chi connectivity index (χ0) is 17.8. The summed E-state index contributed by atoms with van der Waals surface area (Å²) in [5.74, 6) is 3.07.